The molecular weight excluding hydrogens is 356 g/mol. The molecule has 9 heteroatoms. The minimum absolute atomic E-state index is 0.192. The molecule has 0 spiro atoms. The Bertz CT molecular complexity index is 874. The van der Waals surface area contributed by atoms with E-state index in [0.29, 0.717) is 11.4 Å². The molecule has 120 valence electrons. The fraction of sp³-hybridized carbons (Fsp3) is 0.143. The van der Waals surface area contributed by atoms with Gasteiger partial charge < -0.3 is 0 Å². The number of nitrogens with one attached hydrogen (secondary N) is 1. The van der Waals surface area contributed by atoms with E-state index < -0.39 is 10.0 Å². The first-order valence-corrected chi connectivity index (χ1v) is 9.48. The van der Waals surface area contributed by atoms with E-state index in [4.69, 9.17) is 11.6 Å². The van der Waals surface area contributed by atoms with Crippen molar-refractivity contribution < 1.29 is 8.42 Å². The van der Waals surface area contributed by atoms with Crippen LogP contribution in [0, 0.1) is 0 Å². The predicted molar refractivity (Wildman–Crippen MR) is 89.6 cm³/mol. The van der Waals surface area contributed by atoms with Gasteiger partial charge in [-0.05, 0) is 30.3 Å². The minimum atomic E-state index is -3.53. The van der Waals surface area contributed by atoms with Gasteiger partial charge in [0.2, 0.25) is 15.2 Å². The van der Waals surface area contributed by atoms with Gasteiger partial charge >= 0.3 is 0 Å². The zero-order chi connectivity index (χ0) is 16.3. The number of thiazole rings is 1. The number of hydrogen-bond acceptors (Lipinski definition) is 5. The van der Waals surface area contributed by atoms with Gasteiger partial charge in [-0.2, -0.15) is 5.10 Å². The van der Waals surface area contributed by atoms with Crippen LogP contribution in [0.5, 0.6) is 0 Å². The van der Waals surface area contributed by atoms with Gasteiger partial charge in [0, 0.05) is 35.8 Å². The Morgan fingerprint density at radius 1 is 1.26 bits per heavy atom. The molecule has 1 aromatic carbocycles. The summed E-state index contributed by atoms with van der Waals surface area (Å²) in [6.07, 6.45) is 4.00. The summed E-state index contributed by atoms with van der Waals surface area (Å²) < 4.78 is 28.5. The molecular formula is C14H13ClN4O2S2. The smallest absolute Gasteiger partial charge is 0.223 e. The first kappa shape index (κ1) is 16.1. The van der Waals surface area contributed by atoms with Crippen molar-refractivity contribution in [3.8, 4) is 5.13 Å². The third kappa shape index (κ3) is 3.97. The first-order chi connectivity index (χ1) is 11.0. The molecule has 0 saturated carbocycles. The zero-order valence-electron chi connectivity index (χ0n) is 11.9. The second-order valence-electron chi connectivity index (χ2n) is 4.67. The average molecular weight is 369 g/mol. The molecule has 0 saturated heterocycles. The van der Waals surface area contributed by atoms with E-state index >= 15 is 0 Å². The zero-order valence-corrected chi connectivity index (χ0v) is 14.3. The summed E-state index contributed by atoms with van der Waals surface area (Å²) in [4.78, 5) is 4.62. The minimum Gasteiger partial charge on any atom is -0.223 e. The number of nitrogens with zero attached hydrogens (tertiary/aromatic N) is 3. The third-order valence-corrected chi connectivity index (χ3v) is 5.65. The molecule has 0 atom stereocenters. The molecule has 0 radical (unpaired) electrons. The number of hydrogen-bond donors (Lipinski definition) is 1. The van der Waals surface area contributed by atoms with E-state index in [9.17, 15) is 8.42 Å². The number of aromatic nitrogens is 3. The second kappa shape index (κ2) is 6.79. The van der Waals surface area contributed by atoms with Crippen LogP contribution < -0.4 is 4.72 Å². The molecule has 0 aliphatic carbocycles. The van der Waals surface area contributed by atoms with Crippen LogP contribution in [0.3, 0.4) is 0 Å². The Balaban J connectivity index is 1.60. The Kier molecular flexibility index (Phi) is 4.76. The molecule has 1 N–H and O–H groups in total. The Labute approximate surface area is 142 Å². The summed E-state index contributed by atoms with van der Waals surface area (Å²) in [7, 11) is -3.53. The van der Waals surface area contributed by atoms with E-state index in [1.54, 1.807) is 23.0 Å². The Hall–Kier alpha value is -1.74. The number of halogens is 1. The van der Waals surface area contributed by atoms with Crippen molar-refractivity contribution in [1.29, 1.82) is 0 Å². The van der Waals surface area contributed by atoms with Crippen molar-refractivity contribution >= 4 is 33.0 Å². The number of rotatable bonds is 6. The molecule has 2 heterocycles. The molecule has 6 nitrogen and oxygen atoms in total. The molecule has 3 rings (SSSR count). The lowest BCUT2D eigenvalue weighted by Gasteiger charge is -2.05. The molecule has 0 bridgehead atoms. The summed E-state index contributed by atoms with van der Waals surface area (Å²) in [6, 6.07) is 7.87. The fourth-order valence-corrected chi connectivity index (χ4v) is 3.86. The lowest BCUT2D eigenvalue weighted by Crippen LogP contribution is -2.26. The lowest BCUT2D eigenvalue weighted by molar-refractivity contribution is 0.581. The van der Waals surface area contributed by atoms with Crippen molar-refractivity contribution in [3.63, 3.8) is 0 Å². The number of benzene rings is 1. The highest BCUT2D eigenvalue weighted by molar-refractivity contribution is 7.89. The second-order valence-corrected chi connectivity index (χ2v) is 7.71. The molecule has 2 aromatic heterocycles. The van der Waals surface area contributed by atoms with Crippen LogP contribution in [0.15, 0.2) is 53.0 Å². The first-order valence-electron chi connectivity index (χ1n) is 6.74. The maximum atomic E-state index is 12.1. The predicted octanol–water partition coefficient (Wildman–Crippen LogP) is 2.50. The van der Waals surface area contributed by atoms with Crippen molar-refractivity contribution in [2.24, 2.45) is 0 Å². The van der Waals surface area contributed by atoms with Gasteiger partial charge in [-0.3, -0.25) is 0 Å². The molecule has 0 fully saturated rings. The molecule has 0 aliphatic rings. The van der Waals surface area contributed by atoms with E-state index in [-0.39, 0.29) is 11.4 Å². The lowest BCUT2D eigenvalue weighted by atomic mass is 10.3. The largest absolute Gasteiger partial charge is 0.240 e. The third-order valence-electron chi connectivity index (χ3n) is 3.04. The fourth-order valence-electron chi connectivity index (χ4n) is 1.91. The van der Waals surface area contributed by atoms with Gasteiger partial charge in [-0.1, -0.05) is 11.6 Å². The highest BCUT2D eigenvalue weighted by Crippen LogP contribution is 2.15. The van der Waals surface area contributed by atoms with E-state index in [0.717, 1.165) is 10.8 Å². The van der Waals surface area contributed by atoms with Crippen LogP contribution >= 0.6 is 22.9 Å². The van der Waals surface area contributed by atoms with Crippen LogP contribution in [0.2, 0.25) is 5.02 Å². The monoisotopic (exact) mass is 368 g/mol. The molecule has 23 heavy (non-hydrogen) atoms. The van der Waals surface area contributed by atoms with E-state index in [2.05, 4.69) is 14.8 Å². The highest BCUT2D eigenvalue weighted by atomic mass is 35.5. The van der Waals surface area contributed by atoms with Crippen LogP contribution in [-0.4, -0.2) is 29.7 Å². The molecule has 0 amide bonds. The average Bonchev–Trinajstić information content (AvgIpc) is 3.18. The molecule has 0 unspecified atom stereocenters. The van der Waals surface area contributed by atoms with E-state index in [1.807, 2.05) is 17.6 Å². The van der Waals surface area contributed by atoms with Crippen LogP contribution in [0.4, 0.5) is 0 Å². The maximum absolute atomic E-state index is 12.1. The maximum Gasteiger partial charge on any atom is 0.240 e. The summed E-state index contributed by atoms with van der Waals surface area (Å²) >= 11 is 7.22. The van der Waals surface area contributed by atoms with Gasteiger partial charge in [0.25, 0.3) is 0 Å². The Morgan fingerprint density at radius 2 is 2.04 bits per heavy atom. The summed E-state index contributed by atoms with van der Waals surface area (Å²) in [5.74, 6) is 0. The van der Waals surface area contributed by atoms with Crippen molar-refractivity contribution in [2.45, 2.75) is 11.3 Å². The van der Waals surface area contributed by atoms with Gasteiger partial charge in [0.05, 0.1) is 10.6 Å². The molecule has 0 aliphatic heterocycles. The summed E-state index contributed by atoms with van der Waals surface area (Å²) in [5, 5.41) is 7.26. The van der Waals surface area contributed by atoms with Crippen molar-refractivity contribution in [2.75, 3.05) is 6.54 Å². The number of sulfonamides is 1. The van der Waals surface area contributed by atoms with Crippen LogP contribution in [0.25, 0.3) is 5.13 Å². The van der Waals surface area contributed by atoms with Crippen molar-refractivity contribution in [1.82, 2.24) is 19.5 Å². The SMILES string of the molecule is O=S(=O)(NCCc1csc(-n2cccn2)n1)c1ccc(Cl)cc1. The van der Waals surface area contributed by atoms with Gasteiger partial charge in [-0.15, -0.1) is 11.3 Å². The van der Waals surface area contributed by atoms with Crippen molar-refractivity contribution in [3.05, 3.63) is 58.8 Å². The van der Waals surface area contributed by atoms with Crippen LogP contribution in [0.1, 0.15) is 5.69 Å². The highest BCUT2D eigenvalue weighted by Gasteiger charge is 2.13. The summed E-state index contributed by atoms with van der Waals surface area (Å²) in [6.45, 7) is 0.271. The Morgan fingerprint density at radius 3 is 2.74 bits per heavy atom. The molecule has 3 aromatic rings. The van der Waals surface area contributed by atoms with E-state index in [1.165, 1.54) is 23.5 Å². The van der Waals surface area contributed by atoms with Gasteiger partial charge in [0.15, 0.2) is 0 Å². The summed E-state index contributed by atoms with van der Waals surface area (Å²) in [5.41, 5.74) is 0.819. The van der Waals surface area contributed by atoms with Crippen LogP contribution in [-0.2, 0) is 16.4 Å². The normalized spacial score (nSPS) is 11.7. The standard InChI is InChI=1S/C14H13ClN4O2S2/c15-11-2-4-13(5-3-11)23(20,21)17-8-6-12-10-22-14(18-12)19-9-1-7-16-19/h1-5,7,9-10,17H,6,8H2. The van der Waals surface area contributed by atoms with Gasteiger partial charge in [0.1, 0.15) is 0 Å². The quantitative estimate of drug-likeness (QED) is 0.725. The topological polar surface area (TPSA) is 76.9 Å². The van der Waals surface area contributed by atoms with Gasteiger partial charge in [-0.25, -0.2) is 22.8 Å².